The van der Waals surface area contributed by atoms with Crippen molar-refractivity contribution in [2.24, 2.45) is 0 Å². The largest absolute Gasteiger partial charge is 0.368 e. The molecule has 0 radical (unpaired) electrons. The molecule has 2 fully saturated rings. The number of ether oxygens (including phenoxy) is 1. The zero-order valence-corrected chi connectivity index (χ0v) is 14.2. The van der Waals surface area contributed by atoms with Crippen molar-refractivity contribution < 1.29 is 13.9 Å². The van der Waals surface area contributed by atoms with E-state index in [1.54, 1.807) is 12.3 Å². The van der Waals surface area contributed by atoms with Crippen molar-refractivity contribution >= 4 is 16.8 Å². The van der Waals surface area contributed by atoms with Crippen LogP contribution in [0.3, 0.4) is 0 Å². The second kappa shape index (κ2) is 7.06. The smallest absolute Gasteiger partial charge is 0.251 e. The van der Waals surface area contributed by atoms with Gasteiger partial charge in [-0.3, -0.25) is 14.7 Å². The van der Waals surface area contributed by atoms with Crippen molar-refractivity contribution in [3.05, 3.63) is 41.8 Å². The summed E-state index contributed by atoms with van der Waals surface area (Å²) in [6.45, 7) is 4.29. The predicted octanol–water partition coefficient (Wildman–Crippen LogP) is 2.20. The van der Waals surface area contributed by atoms with E-state index >= 15 is 0 Å². The maximum atomic E-state index is 13.9. The van der Waals surface area contributed by atoms with Crippen LogP contribution in [0.5, 0.6) is 0 Å². The Morgan fingerprint density at radius 1 is 1.28 bits per heavy atom. The number of fused-ring (bicyclic) bond motifs is 1. The van der Waals surface area contributed by atoms with E-state index in [0.717, 1.165) is 42.4 Å². The van der Waals surface area contributed by atoms with Crippen LogP contribution in [-0.4, -0.2) is 59.6 Å². The zero-order valence-electron chi connectivity index (χ0n) is 14.2. The molecule has 1 amide bonds. The predicted molar refractivity (Wildman–Crippen MR) is 92.5 cm³/mol. The van der Waals surface area contributed by atoms with Gasteiger partial charge in [0.1, 0.15) is 11.9 Å². The van der Waals surface area contributed by atoms with Gasteiger partial charge in [0.25, 0.3) is 5.91 Å². The molecule has 0 unspecified atom stereocenters. The zero-order chi connectivity index (χ0) is 17.2. The molecule has 4 rings (SSSR count). The SMILES string of the molecule is O=C([C@H]1CCCO1)N1CCN(Cc2cc(F)cc3cccnc23)CC1. The van der Waals surface area contributed by atoms with Crippen molar-refractivity contribution in [3.8, 4) is 0 Å². The van der Waals surface area contributed by atoms with Crippen LogP contribution in [0.1, 0.15) is 18.4 Å². The average Bonchev–Trinajstić information content (AvgIpc) is 3.16. The second-order valence-electron chi connectivity index (χ2n) is 6.74. The van der Waals surface area contributed by atoms with Gasteiger partial charge < -0.3 is 9.64 Å². The molecule has 1 aromatic heterocycles. The molecule has 0 saturated carbocycles. The summed E-state index contributed by atoms with van der Waals surface area (Å²) in [4.78, 5) is 21.0. The molecule has 2 aromatic rings. The fraction of sp³-hybridized carbons (Fsp3) is 0.474. The number of carbonyl (C=O) groups is 1. The van der Waals surface area contributed by atoms with Crippen LogP contribution in [-0.2, 0) is 16.1 Å². The number of piperazine rings is 1. The topological polar surface area (TPSA) is 45.7 Å². The van der Waals surface area contributed by atoms with Gasteiger partial charge in [0, 0.05) is 50.9 Å². The summed E-state index contributed by atoms with van der Waals surface area (Å²) in [5.74, 6) is -0.113. The average molecular weight is 343 g/mol. The van der Waals surface area contributed by atoms with E-state index in [2.05, 4.69) is 9.88 Å². The van der Waals surface area contributed by atoms with Gasteiger partial charge in [-0.05, 0) is 36.6 Å². The third-order valence-electron chi connectivity index (χ3n) is 5.03. The van der Waals surface area contributed by atoms with Gasteiger partial charge in [0.05, 0.1) is 5.52 Å². The van der Waals surface area contributed by atoms with Gasteiger partial charge in [-0.2, -0.15) is 0 Å². The van der Waals surface area contributed by atoms with Gasteiger partial charge in [-0.15, -0.1) is 0 Å². The number of carbonyl (C=O) groups excluding carboxylic acids is 1. The van der Waals surface area contributed by atoms with Crippen LogP contribution >= 0.6 is 0 Å². The maximum absolute atomic E-state index is 13.9. The molecule has 2 aliphatic heterocycles. The van der Waals surface area contributed by atoms with Crippen LogP contribution in [0.25, 0.3) is 10.9 Å². The standard InChI is InChI=1S/C19H22FN3O2/c20-16-11-14-3-1-5-21-18(14)15(12-16)13-22-6-8-23(9-7-22)19(24)17-4-2-10-25-17/h1,3,5,11-12,17H,2,4,6-10,13H2/t17-/m1/s1. The molecule has 0 N–H and O–H groups in total. The number of nitrogens with zero attached hydrogens (tertiary/aromatic N) is 3. The van der Waals surface area contributed by atoms with Crippen LogP contribution in [0.4, 0.5) is 4.39 Å². The van der Waals surface area contributed by atoms with E-state index in [1.165, 1.54) is 6.07 Å². The minimum absolute atomic E-state index is 0.120. The van der Waals surface area contributed by atoms with Crippen LogP contribution < -0.4 is 0 Å². The lowest BCUT2D eigenvalue weighted by atomic mass is 10.1. The Balaban J connectivity index is 1.41. The van der Waals surface area contributed by atoms with Gasteiger partial charge >= 0.3 is 0 Å². The Hall–Kier alpha value is -2.05. The first-order valence-corrected chi connectivity index (χ1v) is 8.86. The molecule has 5 nitrogen and oxygen atoms in total. The van der Waals surface area contributed by atoms with Crippen LogP contribution in [0.15, 0.2) is 30.5 Å². The first-order chi connectivity index (χ1) is 12.2. The Morgan fingerprint density at radius 2 is 2.12 bits per heavy atom. The molecule has 132 valence electrons. The summed E-state index contributed by atoms with van der Waals surface area (Å²) in [7, 11) is 0. The monoisotopic (exact) mass is 343 g/mol. The van der Waals surface area contributed by atoms with Crippen molar-refractivity contribution in [2.45, 2.75) is 25.5 Å². The van der Waals surface area contributed by atoms with E-state index in [0.29, 0.717) is 26.2 Å². The quantitative estimate of drug-likeness (QED) is 0.857. The molecule has 3 heterocycles. The highest BCUT2D eigenvalue weighted by Crippen LogP contribution is 2.21. The number of benzene rings is 1. The summed E-state index contributed by atoms with van der Waals surface area (Å²) >= 11 is 0. The molecule has 1 atom stereocenters. The number of aromatic nitrogens is 1. The number of hydrogen-bond donors (Lipinski definition) is 0. The number of halogens is 1. The third-order valence-corrected chi connectivity index (χ3v) is 5.03. The first kappa shape index (κ1) is 16.4. The highest BCUT2D eigenvalue weighted by Gasteiger charge is 2.30. The maximum Gasteiger partial charge on any atom is 0.251 e. The number of pyridine rings is 1. The summed E-state index contributed by atoms with van der Waals surface area (Å²) in [5.41, 5.74) is 1.75. The number of amides is 1. The normalized spacial score (nSPS) is 21.8. The Kier molecular flexibility index (Phi) is 4.63. The number of hydrogen-bond acceptors (Lipinski definition) is 4. The molecular weight excluding hydrogens is 321 g/mol. The van der Waals surface area contributed by atoms with E-state index < -0.39 is 0 Å². The molecule has 1 aromatic carbocycles. The summed E-state index contributed by atoms with van der Waals surface area (Å²) in [6.07, 6.45) is 3.29. The lowest BCUT2D eigenvalue weighted by molar-refractivity contribution is -0.142. The molecule has 2 saturated heterocycles. The second-order valence-corrected chi connectivity index (χ2v) is 6.74. The molecule has 2 aliphatic rings. The summed E-state index contributed by atoms with van der Waals surface area (Å²) < 4.78 is 19.4. The number of rotatable bonds is 3. The van der Waals surface area contributed by atoms with E-state index in [-0.39, 0.29) is 17.8 Å². The Labute approximate surface area is 146 Å². The highest BCUT2D eigenvalue weighted by molar-refractivity contribution is 5.82. The van der Waals surface area contributed by atoms with Gasteiger partial charge in [0.2, 0.25) is 0 Å². The minimum Gasteiger partial charge on any atom is -0.368 e. The lowest BCUT2D eigenvalue weighted by Crippen LogP contribution is -2.51. The minimum atomic E-state index is -0.247. The first-order valence-electron chi connectivity index (χ1n) is 8.86. The molecule has 6 heteroatoms. The van der Waals surface area contributed by atoms with Crippen LogP contribution in [0.2, 0.25) is 0 Å². The van der Waals surface area contributed by atoms with Gasteiger partial charge in [-0.1, -0.05) is 6.07 Å². The molecule has 0 bridgehead atoms. The summed E-state index contributed by atoms with van der Waals surface area (Å²) in [5, 5.41) is 0.824. The lowest BCUT2D eigenvalue weighted by Gasteiger charge is -2.35. The van der Waals surface area contributed by atoms with Crippen molar-refractivity contribution in [1.82, 2.24) is 14.8 Å². The van der Waals surface area contributed by atoms with E-state index in [4.69, 9.17) is 4.74 Å². The van der Waals surface area contributed by atoms with E-state index in [1.807, 2.05) is 17.0 Å². The Bertz CT molecular complexity index is 768. The molecule has 0 spiro atoms. The Morgan fingerprint density at radius 3 is 2.88 bits per heavy atom. The molecule has 25 heavy (non-hydrogen) atoms. The fourth-order valence-electron chi connectivity index (χ4n) is 3.69. The summed E-state index contributed by atoms with van der Waals surface area (Å²) in [6, 6.07) is 6.79. The van der Waals surface area contributed by atoms with Crippen molar-refractivity contribution in [3.63, 3.8) is 0 Å². The fourth-order valence-corrected chi connectivity index (χ4v) is 3.69. The molecule has 0 aliphatic carbocycles. The van der Waals surface area contributed by atoms with Crippen molar-refractivity contribution in [1.29, 1.82) is 0 Å². The third kappa shape index (κ3) is 3.50. The molecular formula is C19H22FN3O2. The van der Waals surface area contributed by atoms with E-state index in [9.17, 15) is 9.18 Å². The van der Waals surface area contributed by atoms with Crippen molar-refractivity contribution in [2.75, 3.05) is 32.8 Å². The van der Waals surface area contributed by atoms with Gasteiger partial charge in [-0.25, -0.2) is 4.39 Å². The van der Waals surface area contributed by atoms with Crippen LogP contribution in [0, 0.1) is 5.82 Å². The van der Waals surface area contributed by atoms with Gasteiger partial charge in [0.15, 0.2) is 0 Å². The highest BCUT2D eigenvalue weighted by atomic mass is 19.1.